The van der Waals surface area contributed by atoms with E-state index < -0.39 is 11.7 Å². The molecule has 3 aliphatic rings. The minimum atomic E-state index is -4.42. The van der Waals surface area contributed by atoms with Crippen molar-refractivity contribution in [1.29, 1.82) is 0 Å². The first-order chi connectivity index (χ1) is 16.2. The van der Waals surface area contributed by atoms with Crippen molar-refractivity contribution >= 4 is 23.5 Å². The Morgan fingerprint density at radius 3 is 2.44 bits per heavy atom. The van der Waals surface area contributed by atoms with Crippen LogP contribution in [0.4, 0.5) is 19.1 Å². The van der Waals surface area contributed by atoms with E-state index in [9.17, 15) is 13.2 Å². The van der Waals surface area contributed by atoms with Gasteiger partial charge in [0.15, 0.2) is 0 Å². The molecular formula is C24H28F3N5OS. The fraction of sp³-hybridized carbons (Fsp3) is 0.542. The molecule has 1 fully saturated rings. The first-order valence-corrected chi connectivity index (χ1v) is 12.7. The van der Waals surface area contributed by atoms with Gasteiger partial charge in [-0.2, -0.15) is 13.2 Å². The van der Waals surface area contributed by atoms with Gasteiger partial charge in [-0.05, 0) is 44.1 Å². The molecule has 0 amide bonds. The monoisotopic (exact) mass is 491 g/mol. The number of fused-ring (bicyclic) bond motifs is 1. The number of hydrogen-bond donors (Lipinski definition) is 0. The van der Waals surface area contributed by atoms with Crippen molar-refractivity contribution in [3.8, 4) is 5.75 Å². The Bertz CT molecular complexity index is 1070. The molecule has 0 bridgehead atoms. The van der Waals surface area contributed by atoms with Gasteiger partial charge in [0.05, 0.1) is 17.5 Å². The van der Waals surface area contributed by atoms with Crippen LogP contribution in [0, 0.1) is 5.92 Å². The minimum absolute atomic E-state index is 0.313. The lowest BCUT2D eigenvalue weighted by Crippen LogP contribution is -2.46. The Balaban J connectivity index is 1.22. The van der Waals surface area contributed by atoms with Gasteiger partial charge in [-0.25, -0.2) is 14.3 Å². The van der Waals surface area contributed by atoms with Gasteiger partial charge in [-0.3, -0.25) is 4.98 Å². The molecular weight excluding hydrogens is 463 g/mol. The van der Waals surface area contributed by atoms with Crippen LogP contribution in [0.3, 0.4) is 0 Å². The van der Waals surface area contributed by atoms with Crippen molar-refractivity contribution in [3.63, 3.8) is 0 Å². The first kappa shape index (κ1) is 23.4. The summed E-state index contributed by atoms with van der Waals surface area (Å²) in [5.74, 6) is 1.54. The smallest absolute Gasteiger partial charge is 0.419 e. The molecule has 2 aromatic heterocycles. The van der Waals surface area contributed by atoms with E-state index in [4.69, 9.17) is 4.74 Å². The Kier molecular flexibility index (Phi) is 6.22. The molecule has 0 N–H and O–H groups in total. The van der Waals surface area contributed by atoms with E-state index in [1.807, 2.05) is 11.1 Å². The van der Waals surface area contributed by atoms with Crippen LogP contribution < -0.4 is 9.64 Å². The average molecular weight is 492 g/mol. The number of ether oxygens (including phenoxy) is 1. The Labute approximate surface area is 201 Å². The number of halogens is 3. The van der Waals surface area contributed by atoms with E-state index >= 15 is 0 Å². The number of nitrogens with zero attached hydrogens (tertiary/aromatic N) is 5. The van der Waals surface area contributed by atoms with Crippen LogP contribution >= 0.6 is 11.9 Å². The molecule has 182 valence electrons. The van der Waals surface area contributed by atoms with Gasteiger partial charge < -0.3 is 9.64 Å². The summed E-state index contributed by atoms with van der Waals surface area (Å²) in [5, 5.41) is 0. The first-order valence-electron chi connectivity index (χ1n) is 11.6. The van der Waals surface area contributed by atoms with Crippen LogP contribution in [-0.4, -0.2) is 57.3 Å². The van der Waals surface area contributed by atoms with E-state index in [0.29, 0.717) is 25.0 Å². The van der Waals surface area contributed by atoms with E-state index in [1.54, 1.807) is 11.9 Å². The highest BCUT2D eigenvalue weighted by Gasteiger charge is 2.43. The molecule has 0 saturated carbocycles. The Hall–Kier alpha value is -2.33. The summed E-state index contributed by atoms with van der Waals surface area (Å²) in [6, 6.07) is 2.19. The molecule has 1 saturated heterocycles. The molecule has 3 aliphatic heterocycles. The fourth-order valence-electron chi connectivity index (χ4n) is 5.15. The number of aromatic nitrogens is 3. The lowest BCUT2D eigenvalue weighted by atomic mass is 9.79. The van der Waals surface area contributed by atoms with Crippen LogP contribution in [0.5, 0.6) is 5.75 Å². The second-order valence-electron chi connectivity index (χ2n) is 9.35. The average Bonchev–Trinajstić information content (AvgIpc) is 3.20. The van der Waals surface area contributed by atoms with E-state index in [0.717, 1.165) is 62.6 Å². The van der Waals surface area contributed by atoms with Crippen molar-refractivity contribution in [2.24, 2.45) is 5.92 Å². The minimum Gasteiger partial charge on any atom is -0.485 e. The maximum absolute atomic E-state index is 12.8. The predicted octanol–water partition coefficient (Wildman–Crippen LogP) is 4.87. The number of piperidine rings is 1. The van der Waals surface area contributed by atoms with Crippen LogP contribution in [0.2, 0.25) is 0 Å². The van der Waals surface area contributed by atoms with Gasteiger partial charge >= 0.3 is 6.18 Å². The van der Waals surface area contributed by atoms with Crippen molar-refractivity contribution < 1.29 is 17.9 Å². The van der Waals surface area contributed by atoms with Crippen molar-refractivity contribution in [2.45, 2.75) is 44.4 Å². The zero-order valence-electron chi connectivity index (χ0n) is 19.3. The van der Waals surface area contributed by atoms with E-state index in [2.05, 4.69) is 44.6 Å². The summed E-state index contributed by atoms with van der Waals surface area (Å²) < 4.78 is 47.1. The largest absolute Gasteiger partial charge is 0.485 e. The zero-order valence-corrected chi connectivity index (χ0v) is 20.1. The summed E-state index contributed by atoms with van der Waals surface area (Å²) in [6.07, 6.45) is 7.09. The molecule has 0 aromatic carbocycles. The topological polar surface area (TPSA) is 54.4 Å². The normalized spacial score (nSPS) is 24.0. The van der Waals surface area contributed by atoms with E-state index in [-0.39, 0.29) is 5.60 Å². The molecule has 1 unspecified atom stereocenters. The third-order valence-electron chi connectivity index (χ3n) is 7.20. The molecule has 34 heavy (non-hydrogen) atoms. The molecule has 2 aromatic rings. The standard InChI is InChI=1S/C24H28F3N5OS/c1-23(18-5-7-31(8-6-18)22-29-13-19(14-30-22)24(25,26)27)12-17-11-20(28-15-21(17)33-23)16-3-9-32(34-2)10-4-16/h3,11,13-15,18H,4-10,12H2,1-2H3. The predicted molar refractivity (Wildman–Crippen MR) is 127 cm³/mol. The lowest BCUT2D eigenvalue weighted by molar-refractivity contribution is -0.138. The molecule has 0 radical (unpaired) electrons. The SMILES string of the molecule is CSN1CC=C(c2cc3c(cn2)OC(C)(C2CCN(c4ncc(C(F)(F)F)cn4)CC2)C3)CC1. The molecule has 0 spiro atoms. The van der Waals surface area contributed by atoms with Crippen molar-refractivity contribution in [3.05, 3.63) is 47.6 Å². The molecule has 10 heteroatoms. The summed E-state index contributed by atoms with van der Waals surface area (Å²) in [6.45, 7) is 5.51. The van der Waals surface area contributed by atoms with Crippen LogP contribution in [-0.2, 0) is 12.6 Å². The summed E-state index contributed by atoms with van der Waals surface area (Å²) in [7, 11) is 0. The van der Waals surface area contributed by atoms with Gasteiger partial charge in [0, 0.05) is 56.5 Å². The highest BCUT2D eigenvalue weighted by atomic mass is 32.2. The number of hydrogen-bond acceptors (Lipinski definition) is 7. The van der Waals surface area contributed by atoms with Crippen molar-refractivity contribution in [1.82, 2.24) is 19.3 Å². The molecule has 6 nitrogen and oxygen atoms in total. The quantitative estimate of drug-likeness (QED) is 0.566. The van der Waals surface area contributed by atoms with Crippen LogP contribution in [0.25, 0.3) is 5.57 Å². The number of alkyl halides is 3. The third-order valence-corrected chi connectivity index (χ3v) is 8.05. The molecule has 0 aliphatic carbocycles. The van der Waals surface area contributed by atoms with Gasteiger partial charge in [-0.1, -0.05) is 18.0 Å². The van der Waals surface area contributed by atoms with Gasteiger partial charge in [0.25, 0.3) is 0 Å². The zero-order chi connectivity index (χ0) is 23.9. The van der Waals surface area contributed by atoms with Crippen LogP contribution in [0.15, 0.2) is 30.7 Å². The van der Waals surface area contributed by atoms with Gasteiger partial charge in [0.2, 0.25) is 5.95 Å². The second-order valence-corrected chi connectivity index (χ2v) is 10.2. The summed E-state index contributed by atoms with van der Waals surface area (Å²) in [4.78, 5) is 14.5. The summed E-state index contributed by atoms with van der Waals surface area (Å²) >= 11 is 1.77. The number of anilines is 1. The van der Waals surface area contributed by atoms with Crippen molar-refractivity contribution in [2.75, 3.05) is 37.3 Å². The Morgan fingerprint density at radius 1 is 1.09 bits per heavy atom. The van der Waals surface area contributed by atoms with E-state index in [1.165, 1.54) is 11.1 Å². The number of rotatable bonds is 4. The number of pyridine rings is 1. The Morgan fingerprint density at radius 2 is 1.82 bits per heavy atom. The highest BCUT2D eigenvalue weighted by molar-refractivity contribution is 7.96. The fourth-order valence-corrected chi connectivity index (χ4v) is 5.65. The summed E-state index contributed by atoms with van der Waals surface area (Å²) in [5.41, 5.74) is 2.41. The highest BCUT2D eigenvalue weighted by Crippen LogP contribution is 2.43. The van der Waals surface area contributed by atoms with Gasteiger partial charge in [-0.15, -0.1) is 0 Å². The third kappa shape index (κ3) is 4.62. The maximum Gasteiger partial charge on any atom is 0.419 e. The maximum atomic E-state index is 12.8. The molecule has 1 atom stereocenters. The molecule has 5 rings (SSSR count). The molecule has 5 heterocycles. The van der Waals surface area contributed by atoms with Crippen LogP contribution in [0.1, 0.15) is 43.0 Å². The lowest BCUT2D eigenvalue weighted by Gasteiger charge is -2.40. The second kappa shape index (κ2) is 9.03. The van der Waals surface area contributed by atoms with Gasteiger partial charge in [0.1, 0.15) is 11.4 Å².